The van der Waals surface area contributed by atoms with Gasteiger partial charge in [0.1, 0.15) is 0 Å². The first-order chi connectivity index (χ1) is 9.83. The third-order valence-corrected chi connectivity index (χ3v) is 5.21. The van der Waals surface area contributed by atoms with Crippen molar-refractivity contribution in [2.24, 2.45) is 17.3 Å². The minimum Gasteiger partial charge on any atom is -0.342 e. The standard InChI is InChI=1S/C17H28N2O2/c1-17(2,3)8-16(21)18-9-12-7-13(11-18)14-5-4-6-15(20)19(14)10-12/h12-14H,4-11H2,1-3H3/t12-,13-,14-/m1/s1. The van der Waals surface area contributed by atoms with Crippen LogP contribution in [0.1, 0.15) is 52.9 Å². The van der Waals surface area contributed by atoms with Gasteiger partial charge in [0.15, 0.2) is 0 Å². The molecule has 3 saturated heterocycles. The van der Waals surface area contributed by atoms with E-state index in [1.807, 2.05) is 0 Å². The van der Waals surface area contributed by atoms with Crippen molar-refractivity contribution in [3.63, 3.8) is 0 Å². The molecule has 4 heteroatoms. The first kappa shape index (κ1) is 14.9. The highest BCUT2D eigenvalue weighted by Gasteiger charge is 2.44. The van der Waals surface area contributed by atoms with E-state index in [1.165, 1.54) is 6.42 Å². The van der Waals surface area contributed by atoms with E-state index in [2.05, 4.69) is 30.6 Å². The van der Waals surface area contributed by atoms with Crippen LogP contribution in [-0.4, -0.2) is 47.3 Å². The fourth-order valence-corrected chi connectivity index (χ4v) is 4.38. The lowest BCUT2D eigenvalue weighted by atomic mass is 9.75. The molecular formula is C17H28N2O2. The summed E-state index contributed by atoms with van der Waals surface area (Å²) in [6.07, 6.45) is 4.71. The number of carbonyl (C=O) groups excluding carboxylic acids is 2. The number of hydrogen-bond donors (Lipinski definition) is 0. The van der Waals surface area contributed by atoms with Gasteiger partial charge in [-0.1, -0.05) is 20.8 Å². The Morgan fingerprint density at radius 3 is 2.71 bits per heavy atom. The van der Waals surface area contributed by atoms with Crippen molar-refractivity contribution in [2.75, 3.05) is 19.6 Å². The Bertz CT molecular complexity index is 441. The predicted molar refractivity (Wildman–Crippen MR) is 81.6 cm³/mol. The van der Waals surface area contributed by atoms with Crippen LogP contribution in [0.2, 0.25) is 0 Å². The Hall–Kier alpha value is -1.06. The molecule has 0 N–H and O–H groups in total. The van der Waals surface area contributed by atoms with E-state index in [0.29, 0.717) is 36.1 Å². The highest BCUT2D eigenvalue weighted by atomic mass is 16.2. The Labute approximate surface area is 127 Å². The Morgan fingerprint density at radius 2 is 2.00 bits per heavy atom. The molecule has 0 saturated carbocycles. The lowest BCUT2D eigenvalue weighted by molar-refractivity contribution is -0.149. The first-order valence-corrected chi connectivity index (χ1v) is 8.41. The summed E-state index contributed by atoms with van der Waals surface area (Å²) in [7, 11) is 0. The Morgan fingerprint density at radius 1 is 1.24 bits per heavy atom. The third kappa shape index (κ3) is 3.09. The number of piperidine rings is 3. The normalized spacial score (nSPS) is 32.9. The highest BCUT2D eigenvalue weighted by Crippen LogP contribution is 2.38. The van der Waals surface area contributed by atoms with E-state index in [4.69, 9.17) is 0 Å². The molecule has 0 aliphatic carbocycles. The molecule has 118 valence electrons. The summed E-state index contributed by atoms with van der Waals surface area (Å²) >= 11 is 0. The number of nitrogens with zero attached hydrogens (tertiary/aromatic N) is 2. The SMILES string of the molecule is CC(C)(C)CC(=O)N1C[C@H]2C[C@H](C1)[C@H]1CCCC(=O)N1C2. The molecule has 3 aliphatic heterocycles. The Kier molecular flexibility index (Phi) is 3.74. The van der Waals surface area contributed by atoms with Crippen molar-refractivity contribution >= 4 is 11.8 Å². The molecule has 2 bridgehead atoms. The van der Waals surface area contributed by atoms with Crippen LogP contribution in [0.25, 0.3) is 0 Å². The fourth-order valence-electron chi connectivity index (χ4n) is 4.38. The first-order valence-electron chi connectivity index (χ1n) is 8.41. The number of amides is 2. The smallest absolute Gasteiger partial charge is 0.223 e. The Balaban J connectivity index is 1.69. The molecule has 3 aliphatic rings. The zero-order valence-electron chi connectivity index (χ0n) is 13.6. The molecule has 0 aromatic rings. The predicted octanol–water partition coefficient (Wildman–Crippen LogP) is 2.28. The second-order valence-corrected chi connectivity index (χ2v) is 8.40. The van der Waals surface area contributed by atoms with E-state index in [9.17, 15) is 9.59 Å². The number of hydrogen-bond acceptors (Lipinski definition) is 2. The van der Waals surface area contributed by atoms with Crippen LogP contribution in [0.4, 0.5) is 0 Å². The van der Waals surface area contributed by atoms with Gasteiger partial charge in [-0.2, -0.15) is 0 Å². The molecular weight excluding hydrogens is 264 g/mol. The minimum absolute atomic E-state index is 0.0521. The van der Waals surface area contributed by atoms with Gasteiger partial charge in [0.05, 0.1) is 0 Å². The molecule has 0 spiro atoms. The number of carbonyl (C=O) groups is 2. The van der Waals surface area contributed by atoms with E-state index >= 15 is 0 Å². The van der Waals surface area contributed by atoms with E-state index in [1.54, 1.807) is 0 Å². The van der Waals surface area contributed by atoms with Crippen LogP contribution in [0.15, 0.2) is 0 Å². The summed E-state index contributed by atoms with van der Waals surface area (Å²) in [5.41, 5.74) is 0.0521. The van der Waals surface area contributed by atoms with Crippen LogP contribution in [0.3, 0.4) is 0 Å². The van der Waals surface area contributed by atoms with Crippen LogP contribution >= 0.6 is 0 Å². The molecule has 21 heavy (non-hydrogen) atoms. The van der Waals surface area contributed by atoms with Gasteiger partial charge in [0, 0.05) is 38.5 Å². The quantitative estimate of drug-likeness (QED) is 0.744. The summed E-state index contributed by atoms with van der Waals surface area (Å²) in [5, 5.41) is 0. The molecule has 0 radical (unpaired) electrons. The molecule has 2 amide bonds. The van der Waals surface area contributed by atoms with Crippen molar-refractivity contribution in [1.29, 1.82) is 0 Å². The fraction of sp³-hybridized carbons (Fsp3) is 0.882. The average Bonchev–Trinajstić information content (AvgIpc) is 2.38. The molecule has 0 aromatic carbocycles. The summed E-state index contributed by atoms with van der Waals surface area (Å²) in [6, 6.07) is 0.396. The second kappa shape index (κ2) is 5.29. The van der Waals surface area contributed by atoms with Gasteiger partial charge < -0.3 is 9.80 Å². The van der Waals surface area contributed by atoms with Gasteiger partial charge in [-0.25, -0.2) is 0 Å². The van der Waals surface area contributed by atoms with E-state index in [-0.39, 0.29) is 5.41 Å². The van der Waals surface area contributed by atoms with Crippen LogP contribution in [-0.2, 0) is 9.59 Å². The van der Waals surface area contributed by atoms with Crippen molar-refractivity contribution in [3.8, 4) is 0 Å². The molecule has 3 fully saturated rings. The van der Waals surface area contributed by atoms with Gasteiger partial charge in [0.25, 0.3) is 0 Å². The number of fused-ring (bicyclic) bond motifs is 4. The van der Waals surface area contributed by atoms with Gasteiger partial charge in [-0.05, 0) is 36.5 Å². The summed E-state index contributed by atoms with van der Waals surface area (Å²) in [5.74, 6) is 1.64. The molecule has 3 heterocycles. The maximum Gasteiger partial charge on any atom is 0.223 e. The highest BCUT2D eigenvalue weighted by molar-refractivity contribution is 5.78. The average molecular weight is 292 g/mol. The molecule has 0 aromatic heterocycles. The third-order valence-electron chi connectivity index (χ3n) is 5.21. The van der Waals surface area contributed by atoms with Gasteiger partial charge in [-0.15, -0.1) is 0 Å². The number of rotatable bonds is 1. The van der Waals surface area contributed by atoms with Gasteiger partial charge in [0.2, 0.25) is 11.8 Å². The van der Waals surface area contributed by atoms with Crippen LogP contribution in [0, 0.1) is 17.3 Å². The molecule has 0 unspecified atom stereocenters. The summed E-state index contributed by atoms with van der Waals surface area (Å²) in [6.45, 7) is 8.95. The monoisotopic (exact) mass is 292 g/mol. The molecule has 4 nitrogen and oxygen atoms in total. The molecule has 3 rings (SSSR count). The van der Waals surface area contributed by atoms with Gasteiger partial charge in [-0.3, -0.25) is 9.59 Å². The minimum atomic E-state index is 0.0521. The van der Waals surface area contributed by atoms with Crippen molar-refractivity contribution in [1.82, 2.24) is 9.80 Å². The van der Waals surface area contributed by atoms with Crippen LogP contribution in [0.5, 0.6) is 0 Å². The largest absolute Gasteiger partial charge is 0.342 e. The topological polar surface area (TPSA) is 40.6 Å². The zero-order valence-corrected chi connectivity index (χ0v) is 13.6. The summed E-state index contributed by atoms with van der Waals surface area (Å²) in [4.78, 5) is 28.8. The lowest BCUT2D eigenvalue weighted by Crippen LogP contribution is -2.61. The van der Waals surface area contributed by atoms with Crippen molar-refractivity contribution in [2.45, 2.75) is 58.9 Å². The zero-order chi connectivity index (χ0) is 15.2. The van der Waals surface area contributed by atoms with Gasteiger partial charge >= 0.3 is 0 Å². The molecule has 3 atom stereocenters. The van der Waals surface area contributed by atoms with E-state index < -0.39 is 0 Å². The maximum absolute atomic E-state index is 12.5. The number of likely N-dealkylation sites (tertiary alicyclic amines) is 1. The maximum atomic E-state index is 12.5. The van der Waals surface area contributed by atoms with Crippen LogP contribution < -0.4 is 0 Å². The lowest BCUT2D eigenvalue weighted by Gasteiger charge is -2.52. The summed E-state index contributed by atoms with van der Waals surface area (Å²) < 4.78 is 0. The second-order valence-electron chi connectivity index (χ2n) is 8.40. The van der Waals surface area contributed by atoms with Crippen molar-refractivity contribution in [3.05, 3.63) is 0 Å². The van der Waals surface area contributed by atoms with Crippen molar-refractivity contribution < 1.29 is 9.59 Å². The van der Waals surface area contributed by atoms with E-state index in [0.717, 1.165) is 38.9 Å².